The summed E-state index contributed by atoms with van der Waals surface area (Å²) >= 11 is 0. The van der Waals surface area contributed by atoms with Crippen LogP contribution in [0.25, 0.3) is 0 Å². The summed E-state index contributed by atoms with van der Waals surface area (Å²) < 4.78 is 5.46. The van der Waals surface area contributed by atoms with Crippen molar-refractivity contribution in [2.24, 2.45) is 0 Å². The molecule has 1 unspecified atom stereocenters. The fraction of sp³-hybridized carbons (Fsp3) is 0.889. The summed E-state index contributed by atoms with van der Waals surface area (Å²) in [7, 11) is 0. The summed E-state index contributed by atoms with van der Waals surface area (Å²) in [6.07, 6.45) is 7.12. The molecule has 0 aromatic carbocycles. The smallest absolute Gasteiger partial charge is 0.410 e. The highest BCUT2D eigenvalue weighted by atomic mass is 16.6. The molecule has 1 heterocycles. The molecule has 0 aromatic rings. The number of carbonyl (C=O) groups excluding carboxylic acids is 1. The number of amides is 1. The van der Waals surface area contributed by atoms with Gasteiger partial charge in [-0.3, -0.25) is 4.79 Å². The van der Waals surface area contributed by atoms with E-state index in [1.165, 1.54) is 19.3 Å². The lowest BCUT2D eigenvalue weighted by molar-refractivity contribution is -0.142. The highest BCUT2D eigenvalue weighted by Gasteiger charge is 2.39. The summed E-state index contributed by atoms with van der Waals surface area (Å²) in [5.41, 5.74) is -0.578. The van der Waals surface area contributed by atoms with E-state index in [2.05, 4.69) is 12.2 Å². The Hall–Kier alpha value is -1.30. The van der Waals surface area contributed by atoms with E-state index < -0.39 is 23.7 Å². The van der Waals surface area contributed by atoms with Gasteiger partial charge in [0.15, 0.2) is 0 Å². The van der Waals surface area contributed by atoms with Crippen molar-refractivity contribution in [3.8, 4) is 0 Å². The zero-order valence-electron chi connectivity index (χ0n) is 15.6. The fourth-order valence-corrected chi connectivity index (χ4v) is 3.08. The van der Waals surface area contributed by atoms with E-state index in [0.29, 0.717) is 19.5 Å². The molecule has 2 atom stereocenters. The normalized spacial score (nSPS) is 21.6. The first-order chi connectivity index (χ1) is 11.3. The van der Waals surface area contributed by atoms with Crippen LogP contribution < -0.4 is 5.32 Å². The third-order valence-corrected chi connectivity index (χ3v) is 4.25. The molecule has 0 aromatic heterocycles. The zero-order valence-corrected chi connectivity index (χ0v) is 15.6. The molecule has 0 bridgehead atoms. The third-order valence-electron chi connectivity index (χ3n) is 4.25. The fourth-order valence-electron chi connectivity index (χ4n) is 3.08. The molecule has 1 aliphatic rings. The molecule has 1 aliphatic heterocycles. The molecule has 6 nitrogen and oxygen atoms in total. The van der Waals surface area contributed by atoms with Gasteiger partial charge in [0.1, 0.15) is 11.6 Å². The number of piperazine rings is 1. The van der Waals surface area contributed by atoms with Crippen LogP contribution in [0.15, 0.2) is 0 Å². The number of carboxylic acids is 1. The lowest BCUT2D eigenvalue weighted by Crippen LogP contribution is -2.62. The van der Waals surface area contributed by atoms with E-state index >= 15 is 0 Å². The predicted octanol–water partition coefficient (Wildman–Crippen LogP) is 3.40. The number of hydrogen-bond acceptors (Lipinski definition) is 4. The third kappa shape index (κ3) is 7.07. The molecule has 1 saturated heterocycles. The number of carbonyl (C=O) groups is 2. The molecule has 1 rings (SSSR count). The minimum absolute atomic E-state index is 0.350. The quantitative estimate of drug-likeness (QED) is 0.661. The monoisotopic (exact) mass is 342 g/mol. The number of aliphatic carboxylic acids is 1. The van der Waals surface area contributed by atoms with Gasteiger partial charge in [0.2, 0.25) is 0 Å². The van der Waals surface area contributed by atoms with E-state index in [0.717, 1.165) is 19.3 Å². The first kappa shape index (κ1) is 20.7. The summed E-state index contributed by atoms with van der Waals surface area (Å²) in [6, 6.07) is -1.07. The second-order valence-corrected chi connectivity index (χ2v) is 7.57. The molecule has 0 saturated carbocycles. The van der Waals surface area contributed by atoms with Crippen molar-refractivity contribution in [2.75, 3.05) is 13.1 Å². The van der Waals surface area contributed by atoms with E-state index in [9.17, 15) is 14.7 Å². The maximum Gasteiger partial charge on any atom is 0.410 e. The van der Waals surface area contributed by atoms with Crippen LogP contribution in [0.4, 0.5) is 4.79 Å². The molecule has 6 heteroatoms. The van der Waals surface area contributed by atoms with Gasteiger partial charge in [-0.1, -0.05) is 45.4 Å². The van der Waals surface area contributed by atoms with Crippen LogP contribution in [-0.2, 0) is 9.53 Å². The average molecular weight is 342 g/mol. The molecule has 0 aliphatic carbocycles. The van der Waals surface area contributed by atoms with Gasteiger partial charge in [-0.15, -0.1) is 0 Å². The highest BCUT2D eigenvalue weighted by Crippen LogP contribution is 2.21. The summed E-state index contributed by atoms with van der Waals surface area (Å²) in [4.78, 5) is 25.6. The number of unbranched alkanes of at least 4 members (excludes halogenated alkanes) is 5. The molecule has 24 heavy (non-hydrogen) atoms. The zero-order chi connectivity index (χ0) is 18.2. The topological polar surface area (TPSA) is 78.9 Å². The largest absolute Gasteiger partial charge is 0.480 e. The van der Waals surface area contributed by atoms with Crippen molar-refractivity contribution in [1.29, 1.82) is 0 Å². The second kappa shape index (κ2) is 9.87. The highest BCUT2D eigenvalue weighted by molar-refractivity contribution is 5.77. The van der Waals surface area contributed by atoms with Gasteiger partial charge in [0.25, 0.3) is 0 Å². The van der Waals surface area contributed by atoms with Crippen LogP contribution in [0.3, 0.4) is 0 Å². The number of ether oxygens (including phenoxy) is 1. The molecule has 1 fully saturated rings. The van der Waals surface area contributed by atoms with Gasteiger partial charge >= 0.3 is 12.1 Å². The van der Waals surface area contributed by atoms with Gasteiger partial charge < -0.3 is 20.1 Å². The summed E-state index contributed by atoms with van der Waals surface area (Å²) in [6.45, 7) is 8.62. The Morgan fingerprint density at radius 2 is 1.79 bits per heavy atom. The average Bonchev–Trinajstić information content (AvgIpc) is 2.48. The van der Waals surface area contributed by atoms with Gasteiger partial charge in [0, 0.05) is 13.1 Å². The Labute approximate surface area is 145 Å². The van der Waals surface area contributed by atoms with Crippen molar-refractivity contribution in [3.05, 3.63) is 0 Å². The molecule has 0 spiro atoms. The van der Waals surface area contributed by atoms with Gasteiger partial charge in [-0.2, -0.15) is 0 Å². The molecular weight excluding hydrogens is 308 g/mol. The van der Waals surface area contributed by atoms with Crippen molar-refractivity contribution in [2.45, 2.75) is 90.3 Å². The first-order valence-electron chi connectivity index (χ1n) is 9.22. The van der Waals surface area contributed by atoms with E-state index in [1.807, 2.05) is 20.8 Å². The standard InChI is InChI=1S/C18H34N2O4/c1-5-6-7-8-9-10-11-14-15(16(21)22)19-12-13-20(14)17(23)24-18(2,3)4/h14-15,19H,5-13H2,1-4H3,(H,21,22)/t14-,15?/m0/s1. The maximum absolute atomic E-state index is 12.4. The molecule has 0 radical (unpaired) electrons. The van der Waals surface area contributed by atoms with E-state index in [-0.39, 0.29) is 6.04 Å². The van der Waals surface area contributed by atoms with Gasteiger partial charge in [0.05, 0.1) is 6.04 Å². The summed E-state index contributed by atoms with van der Waals surface area (Å²) in [5, 5.41) is 12.5. The van der Waals surface area contributed by atoms with Crippen LogP contribution in [0, 0.1) is 0 Å². The predicted molar refractivity (Wildman–Crippen MR) is 94.1 cm³/mol. The minimum atomic E-state index is -0.903. The number of nitrogens with one attached hydrogen (secondary N) is 1. The van der Waals surface area contributed by atoms with Gasteiger partial charge in [-0.05, 0) is 27.2 Å². The summed E-state index contributed by atoms with van der Waals surface area (Å²) in [5.74, 6) is -0.903. The van der Waals surface area contributed by atoms with Crippen LogP contribution in [-0.4, -0.2) is 52.8 Å². The Morgan fingerprint density at radius 1 is 1.17 bits per heavy atom. The number of rotatable bonds is 8. The van der Waals surface area contributed by atoms with Crippen LogP contribution >= 0.6 is 0 Å². The Morgan fingerprint density at radius 3 is 2.38 bits per heavy atom. The van der Waals surface area contributed by atoms with Crippen molar-refractivity contribution in [3.63, 3.8) is 0 Å². The number of nitrogens with zero attached hydrogens (tertiary/aromatic N) is 1. The lowest BCUT2D eigenvalue weighted by Gasteiger charge is -2.40. The minimum Gasteiger partial charge on any atom is -0.480 e. The number of carboxylic acid groups (broad SMARTS) is 1. The Balaban J connectivity index is 2.65. The Kier molecular flexibility index (Phi) is 8.53. The van der Waals surface area contributed by atoms with Crippen LogP contribution in [0.2, 0.25) is 0 Å². The van der Waals surface area contributed by atoms with Crippen molar-refractivity contribution in [1.82, 2.24) is 10.2 Å². The van der Waals surface area contributed by atoms with Crippen LogP contribution in [0.5, 0.6) is 0 Å². The van der Waals surface area contributed by atoms with Gasteiger partial charge in [-0.25, -0.2) is 4.79 Å². The lowest BCUT2D eigenvalue weighted by atomic mass is 9.96. The Bertz CT molecular complexity index is 406. The molecular formula is C18H34N2O4. The molecule has 1 amide bonds. The first-order valence-corrected chi connectivity index (χ1v) is 9.22. The number of hydrogen-bond donors (Lipinski definition) is 2. The SMILES string of the molecule is CCCCCCCC[C@H]1C(C(=O)O)NCCN1C(=O)OC(C)(C)C. The second-order valence-electron chi connectivity index (χ2n) is 7.57. The van der Waals surface area contributed by atoms with E-state index in [1.54, 1.807) is 4.90 Å². The van der Waals surface area contributed by atoms with Crippen LogP contribution in [0.1, 0.15) is 72.6 Å². The van der Waals surface area contributed by atoms with E-state index in [4.69, 9.17) is 4.74 Å². The molecule has 140 valence electrons. The molecule has 2 N–H and O–H groups in total. The van der Waals surface area contributed by atoms with Crippen molar-refractivity contribution < 1.29 is 19.4 Å². The van der Waals surface area contributed by atoms with Crippen molar-refractivity contribution >= 4 is 12.1 Å². The maximum atomic E-state index is 12.4.